The fraction of sp³-hybridized carbons (Fsp3) is 0.368. The van der Waals surface area contributed by atoms with Crippen molar-refractivity contribution in [1.82, 2.24) is 9.71 Å². The first-order valence-electron chi connectivity index (χ1n) is 9.17. The Balaban J connectivity index is 1.81. The summed E-state index contributed by atoms with van der Waals surface area (Å²) in [5.41, 5.74) is -2.20. The maximum absolute atomic E-state index is 13.2. The van der Waals surface area contributed by atoms with E-state index in [4.69, 9.17) is 16.3 Å². The van der Waals surface area contributed by atoms with Gasteiger partial charge in [-0.2, -0.15) is 13.2 Å². The van der Waals surface area contributed by atoms with E-state index in [1.165, 1.54) is 12.1 Å². The molecule has 0 unspecified atom stereocenters. The number of nitrogens with one attached hydrogen (secondary N) is 1. The Kier molecular flexibility index (Phi) is 6.49. The third-order valence-corrected chi connectivity index (χ3v) is 6.08. The first-order chi connectivity index (χ1) is 14.4. The monoisotopic (exact) mass is 477 g/mol. The van der Waals surface area contributed by atoms with Crippen molar-refractivity contribution >= 4 is 33.3 Å². The molecule has 1 N–H and O–H groups in total. The first kappa shape index (κ1) is 23.3. The minimum absolute atomic E-state index is 0.0320. The van der Waals surface area contributed by atoms with Crippen molar-refractivity contribution in [3.05, 3.63) is 52.7 Å². The highest BCUT2D eigenvalue weighted by Crippen LogP contribution is 2.34. The summed E-state index contributed by atoms with van der Waals surface area (Å²) in [6.45, 7) is 4.94. The molecule has 1 aromatic heterocycles. The van der Waals surface area contributed by atoms with E-state index >= 15 is 0 Å². The number of sulfonamides is 1. The smallest absolute Gasteiger partial charge is 0.372 e. The van der Waals surface area contributed by atoms with Gasteiger partial charge in [-0.15, -0.1) is 0 Å². The number of carbonyl (C=O) groups excluding carboxylic acids is 1. The summed E-state index contributed by atoms with van der Waals surface area (Å²) in [4.78, 5) is 18.0. The molecular weight excluding hydrogens is 459 g/mol. The van der Waals surface area contributed by atoms with Gasteiger partial charge in [0.1, 0.15) is 10.7 Å². The minimum Gasteiger partial charge on any atom is -0.372 e. The van der Waals surface area contributed by atoms with Crippen LogP contribution in [0.3, 0.4) is 0 Å². The standard InChI is InChI=1S/C19H19ClF3N3O4S/c1-11-9-26(10-12(2)30-11)17-6-4-14(8-24-17)31(28,29)25-18(27)15-5-3-13(20)7-16(15)19(21,22)23/h3-8,11-12H,9-10H2,1-2H3,(H,25,27)/t11-,12+. The lowest BCUT2D eigenvalue weighted by atomic mass is 10.1. The molecule has 1 saturated heterocycles. The Morgan fingerprint density at radius 2 is 1.84 bits per heavy atom. The number of rotatable bonds is 4. The zero-order valence-corrected chi connectivity index (χ0v) is 18.1. The van der Waals surface area contributed by atoms with Crippen LogP contribution < -0.4 is 9.62 Å². The van der Waals surface area contributed by atoms with E-state index < -0.39 is 33.2 Å². The summed E-state index contributed by atoms with van der Waals surface area (Å²) in [5.74, 6) is -0.909. The molecule has 0 aliphatic carbocycles. The Morgan fingerprint density at radius 3 is 2.39 bits per heavy atom. The molecule has 2 atom stereocenters. The van der Waals surface area contributed by atoms with Crippen molar-refractivity contribution < 1.29 is 31.1 Å². The van der Waals surface area contributed by atoms with E-state index in [0.29, 0.717) is 25.0 Å². The van der Waals surface area contributed by atoms with E-state index in [1.54, 1.807) is 4.72 Å². The molecule has 0 saturated carbocycles. The molecule has 168 valence electrons. The summed E-state index contributed by atoms with van der Waals surface area (Å²) >= 11 is 5.58. The van der Waals surface area contributed by atoms with Gasteiger partial charge in [0.05, 0.1) is 23.3 Å². The Labute approximate surface area is 182 Å². The van der Waals surface area contributed by atoms with Gasteiger partial charge in [-0.05, 0) is 44.2 Å². The second-order valence-corrected chi connectivity index (χ2v) is 9.26. The van der Waals surface area contributed by atoms with Gasteiger partial charge >= 0.3 is 6.18 Å². The number of ether oxygens (including phenoxy) is 1. The van der Waals surface area contributed by atoms with Gasteiger partial charge in [-0.1, -0.05) is 11.6 Å². The molecule has 1 aromatic carbocycles. The van der Waals surface area contributed by atoms with Crippen molar-refractivity contribution in [3.63, 3.8) is 0 Å². The number of alkyl halides is 3. The SMILES string of the molecule is C[C@@H]1CN(c2ccc(S(=O)(=O)NC(=O)c3ccc(Cl)cc3C(F)(F)F)cn2)C[C@H](C)O1. The quantitative estimate of drug-likeness (QED) is 0.725. The van der Waals surface area contributed by atoms with Gasteiger partial charge in [0.15, 0.2) is 0 Å². The minimum atomic E-state index is -4.89. The predicted octanol–water partition coefficient (Wildman–Crippen LogP) is 3.49. The number of nitrogens with zero attached hydrogens (tertiary/aromatic N) is 2. The molecule has 2 aromatic rings. The van der Waals surface area contributed by atoms with Gasteiger partial charge in [0.25, 0.3) is 15.9 Å². The van der Waals surface area contributed by atoms with Crippen molar-refractivity contribution in [3.8, 4) is 0 Å². The summed E-state index contributed by atoms with van der Waals surface area (Å²) in [6.07, 6.45) is -3.91. The average Bonchev–Trinajstić information content (AvgIpc) is 2.66. The largest absolute Gasteiger partial charge is 0.417 e. The van der Waals surface area contributed by atoms with Crippen LogP contribution >= 0.6 is 11.6 Å². The Bertz CT molecular complexity index is 1070. The third kappa shape index (κ3) is 5.46. The lowest BCUT2D eigenvalue weighted by Gasteiger charge is -2.36. The predicted molar refractivity (Wildman–Crippen MR) is 108 cm³/mol. The molecule has 1 fully saturated rings. The zero-order valence-electron chi connectivity index (χ0n) is 16.5. The summed E-state index contributed by atoms with van der Waals surface area (Å²) in [7, 11) is -4.45. The molecule has 1 amide bonds. The van der Waals surface area contributed by atoms with Crippen LogP contribution in [-0.2, 0) is 20.9 Å². The maximum atomic E-state index is 13.2. The van der Waals surface area contributed by atoms with Crippen LogP contribution in [0, 0.1) is 0 Å². The topological polar surface area (TPSA) is 88.6 Å². The van der Waals surface area contributed by atoms with Crippen LogP contribution in [0.15, 0.2) is 41.4 Å². The van der Waals surface area contributed by atoms with E-state index in [2.05, 4.69) is 4.98 Å². The van der Waals surface area contributed by atoms with Gasteiger partial charge in [-0.3, -0.25) is 4.79 Å². The summed E-state index contributed by atoms with van der Waals surface area (Å²) in [5, 5.41) is -0.238. The number of aromatic nitrogens is 1. The maximum Gasteiger partial charge on any atom is 0.417 e. The van der Waals surface area contributed by atoms with Crippen LogP contribution in [-0.4, -0.2) is 44.6 Å². The van der Waals surface area contributed by atoms with Gasteiger partial charge in [0.2, 0.25) is 0 Å². The highest BCUT2D eigenvalue weighted by atomic mass is 35.5. The average molecular weight is 478 g/mol. The lowest BCUT2D eigenvalue weighted by molar-refractivity contribution is -0.137. The van der Waals surface area contributed by atoms with Crippen molar-refractivity contribution in [2.75, 3.05) is 18.0 Å². The van der Waals surface area contributed by atoms with E-state index in [9.17, 15) is 26.4 Å². The molecule has 3 rings (SSSR count). The van der Waals surface area contributed by atoms with Crippen LogP contribution in [0.1, 0.15) is 29.8 Å². The fourth-order valence-corrected chi connectivity index (χ4v) is 4.35. The van der Waals surface area contributed by atoms with E-state index in [-0.39, 0.29) is 22.1 Å². The molecule has 31 heavy (non-hydrogen) atoms. The number of carbonyl (C=O) groups is 1. The molecule has 1 aliphatic rings. The number of amides is 1. The molecule has 2 heterocycles. The van der Waals surface area contributed by atoms with Crippen LogP contribution in [0.2, 0.25) is 5.02 Å². The first-order valence-corrected chi connectivity index (χ1v) is 11.0. The van der Waals surface area contributed by atoms with E-state index in [0.717, 1.165) is 18.3 Å². The van der Waals surface area contributed by atoms with Crippen molar-refractivity contribution in [1.29, 1.82) is 0 Å². The fourth-order valence-electron chi connectivity index (χ4n) is 3.27. The highest BCUT2D eigenvalue weighted by Gasteiger charge is 2.36. The van der Waals surface area contributed by atoms with Crippen LogP contribution in [0.5, 0.6) is 0 Å². The molecule has 1 aliphatic heterocycles. The normalized spacial score (nSPS) is 19.9. The second kappa shape index (κ2) is 8.64. The van der Waals surface area contributed by atoms with Crippen molar-refractivity contribution in [2.45, 2.75) is 37.1 Å². The zero-order chi connectivity index (χ0) is 23.0. The highest BCUT2D eigenvalue weighted by molar-refractivity contribution is 7.90. The number of hydrogen-bond donors (Lipinski definition) is 1. The van der Waals surface area contributed by atoms with Crippen molar-refractivity contribution in [2.24, 2.45) is 0 Å². The summed E-state index contributed by atoms with van der Waals surface area (Å²) in [6, 6.07) is 5.14. The summed E-state index contributed by atoms with van der Waals surface area (Å²) < 4.78 is 72.0. The molecule has 7 nitrogen and oxygen atoms in total. The number of pyridine rings is 1. The van der Waals surface area contributed by atoms with E-state index in [1.807, 2.05) is 18.7 Å². The molecular formula is C19H19ClF3N3O4S. The number of benzene rings is 1. The number of anilines is 1. The lowest BCUT2D eigenvalue weighted by Crippen LogP contribution is -2.45. The number of halogens is 4. The Hall–Kier alpha value is -2.37. The molecule has 12 heteroatoms. The van der Waals surface area contributed by atoms with Gasteiger partial charge < -0.3 is 9.64 Å². The Morgan fingerprint density at radius 1 is 1.19 bits per heavy atom. The van der Waals surface area contributed by atoms with Crippen LogP contribution in [0.25, 0.3) is 0 Å². The molecule has 0 bridgehead atoms. The number of hydrogen-bond acceptors (Lipinski definition) is 6. The number of morpholine rings is 1. The molecule has 0 radical (unpaired) electrons. The van der Waals surface area contributed by atoms with Gasteiger partial charge in [-0.25, -0.2) is 18.1 Å². The third-order valence-electron chi connectivity index (χ3n) is 4.53. The van der Waals surface area contributed by atoms with Gasteiger partial charge in [0, 0.05) is 24.3 Å². The molecule has 0 spiro atoms. The second-order valence-electron chi connectivity index (χ2n) is 7.14. The van der Waals surface area contributed by atoms with Crippen LogP contribution in [0.4, 0.5) is 19.0 Å².